The predicted octanol–water partition coefficient (Wildman–Crippen LogP) is 5.33. The second kappa shape index (κ2) is 13.4. The third-order valence-corrected chi connectivity index (χ3v) is 9.40. The molecule has 1 N–H and O–H groups in total. The zero-order chi connectivity index (χ0) is 29.6. The Kier molecular flexibility index (Phi) is 9.94. The summed E-state index contributed by atoms with van der Waals surface area (Å²) in [7, 11) is -2.58. The molecule has 1 aliphatic rings. The second-order valence-corrected chi connectivity index (χ2v) is 12.6. The molecule has 0 radical (unpaired) electrons. The van der Waals surface area contributed by atoms with Crippen molar-refractivity contribution >= 4 is 39.1 Å². The maximum Gasteiger partial charge on any atom is 0.264 e. The molecule has 0 saturated heterocycles. The molecule has 0 aliphatic heterocycles. The lowest BCUT2D eigenvalue weighted by molar-refractivity contribution is -0.139. The SMILES string of the molecule is COc1cccc(CN(C(=O)CN(c2ccc(Cl)cc2)S(=O)(=O)c2ccc(C)cc2)[C@@H](C)C(=O)NC2CCCC2)c1. The molecule has 10 heteroatoms. The number of carbonyl (C=O) groups excluding carboxylic acids is 2. The fourth-order valence-electron chi connectivity index (χ4n) is 4.92. The van der Waals surface area contributed by atoms with Crippen LogP contribution in [-0.4, -0.2) is 50.9 Å². The summed E-state index contributed by atoms with van der Waals surface area (Å²) >= 11 is 6.08. The molecule has 1 aliphatic carbocycles. The summed E-state index contributed by atoms with van der Waals surface area (Å²) < 4.78 is 34.2. The van der Waals surface area contributed by atoms with Gasteiger partial charge in [-0.05, 0) is 80.8 Å². The highest BCUT2D eigenvalue weighted by Crippen LogP contribution is 2.27. The molecule has 41 heavy (non-hydrogen) atoms. The number of methoxy groups -OCH3 is 1. The molecular formula is C31H36ClN3O5S. The lowest BCUT2D eigenvalue weighted by atomic mass is 10.1. The maximum absolute atomic E-state index is 14.1. The number of amides is 2. The number of halogens is 1. The largest absolute Gasteiger partial charge is 0.497 e. The van der Waals surface area contributed by atoms with Crippen LogP contribution in [0.15, 0.2) is 77.7 Å². The maximum atomic E-state index is 14.1. The van der Waals surface area contributed by atoms with E-state index in [1.165, 1.54) is 17.0 Å². The summed E-state index contributed by atoms with van der Waals surface area (Å²) in [6, 6.07) is 19.2. The van der Waals surface area contributed by atoms with Gasteiger partial charge in [0.05, 0.1) is 17.7 Å². The zero-order valence-electron chi connectivity index (χ0n) is 23.5. The molecule has 0 unspecified atom stereocenters. The summed E-state index contributed by atoms with van der Waals surface area (Å²) in [5.74, 6) is -0.178. The summed E-state index contributed by atoms with van der Waals surface area (Å²) in [6.07, 6.45) is 3.92. The molecule has 2 amide bonds. The van der Waals surface area contributed by atoms with Gasteiger partial charge >= 0.3 is 0 Å². The Morgan fingerprint density at radius 2 is 1.68 bits per heavy atom. The van der Waals surface area contributed by atoms with E-state index in [0.29, 0.717) is 10.8 Å². The quantitative estimate of drug-likeness (QED) is 0.322. The minimum atomic E-state index is -4.14. The number of hydrogen-bond donors (Lipinski definition) is 1. The predicted molar refractivity (Wildman–Crippen MR) is 161 cm³/mol. The molecule has 218 valence electrons. The summed E-state index contributed by atoms with van der Waals surface area (Å²) in [5, 5.41) is 3.51. The Morgan fingerprint density at radius 1 is 1.02 bits per heavy atom. The molecule has 8 nitrogen and oxygen atoms in total. The number of hydrogen-bond acceptors (Lipinski definition) is 5. The monoisotopic (exact) mass is 597 g/mol. The highest BCUT2D eigenvalue weighted by Gasteiger charge is 2.33. The van der Waals surface area contributed by atoms with Crippen molar-refractivity contribution in [1.82, 2.24) is 10.2 Å². The van der Waals surface area contributed by atoms with Crippen LogP contribution in [0.5, 0.6) is 5.75 Å². The Labute approximate surface area is 247 Å². The lowest BCUT2D eigenvalue weighted by Crippen LogP contribution is -2.52. The Bertz CT molecular complexity index is 1460. The van der Waals surface area contributed by atoms with Crippen LogP contribution >= 0.6 is 11.6 Å². The first-order chi connectivity index (χ1) is 19.6. The van der Waals surface area contributed by atoms with Crippen molar-refractivity contribution in [2.45, 2.75) is 63.1 Å². The molecule has 1 fully saturated rings. The topological polar surface area (TPSA) is 96.0 Å². The average molecular weight is 598 g/mol. The van der Waals surface area contributed by atoms with Gasteiger partial charge in [-0.2, -0.15) is 0 Å². The van der Waals surface area contributed by atoms with Crippen molar-refractivity contribution in [1.29, 1.82) is 0 Å². The minimum absolute atomic E-state index is 0.0530. The van der Waals surface area contributed by atoms with Gasteiger partial charge in [0.2, 0.25) is 11.8 Å². The number of nitrogens with one attached hydrogen (secondary N) is 1. The van der Waals surface area contributed by atoms with Crippen LogP contribution in [0.1, 0.15) is 43.7 Å². The lowest BCUT2D eigenvalue weighted by Gasteiger charge is -2.32. The van der Waals surface area contributed by atoms with Crippen LogP contribution in [0.4, 0.5) is 5.69 Å². The minimum Gasteiger partial charge on any atom is -0.497 e. The summed E-state index contributed by atoms with van der Waals surface area (Å²) in [4.78, 5) is 28.9. The fourth-order valence-corrected chi connectivity index (χ4v) is 6.46. The van der Waals surface area contributed by atoms with E-state index in [0.717, 1.165) is 41.1 Å². The third-order valence-electron chi connectivity index (χ3n) is 7.36. The smallest absolute Gasteiger partial charge is 0.264 e. The number of sulfonamides is 1. The van der Waals surface area contributed by atoms with Gasteiger partial charge in [-0.15, -0.1) is 0 Å². The average Bonchev–Trinajstić information content (AvgIpc) is 3.48. The Hall–Kier alpha value is -3.56. The van der Waals surface area contributed by atoms with E-state index in [1.807, 2.05) is 19.1 Å². The third kappa shape index (κ3) is 7.59. The van der Waals surface area contributed by atoms with E-state index < -0.39 is 28.5 Å². The van der Waals surface area contributed by atoms with Gasteiger partial charge in [0, 0.05) is 17.6 Å². The number of ether oxygens (including phenoxy) is 1. The molecule has 0 heterocycles. The molecule has 1 saturated carbocycles. The van der Waals surface area contributed by atoms with Crippen molar-refractivity contribution in [3.63, 3.8) is 0 Å². The molecule has 0 aromatic heterocycles. The first-order valence-electron chi connectivity index (χ1n) is 13.7. The van der Waals surface area contributed by atoms with Crippen LogP contribution in [0.3, 0.4) is 0 Å². The second-order valence-electron chi connectivity index (χ2n) is 10.3. The van der Waals surface area contributed by atoms with E-state index in [2.05, 4.69) is 5.32 Å². The highest BCUT2D eigenvalue weighted by atomic mass is 35.5. The van der Waals surface area contributed by atoms with Crippen molar-refractivity contribution in [3.8, 4) is 5.75 Å². The molecule has 0 spiro atoms. The number of aryl methyl sites for hydroxylation is 1. The Morgan fingerprint density at radius 3 is 2.32 bits per heavy atom. The Balaban J connectivity index is 1.68. The van der Waals surface area contributed by atoms with Gasteiger partial charge in [-0.25, -0.2) is 8.42 Å². The number of rotatable bonds is 11. The first kappa shape index (κ1) is 30.4. The summed E-state index contributed by atoms with van der Waals surface area (Å²) in [6.45, 7) is 3.12. The van der Waals surface area contributed by atoms with Gasteiger partial charge in [-0.3, -0.25) is 13.9 Å². The van der Waals surface area contributed by atoms with Crippen LogP contribution < -0.4 is 14.4 Å². The van der Waals surface area contributed by atoms with Crippen LogP contribution in [0, 0.1) is 6.92 Å². The number of benzene rings is 3. The molecule has 1 atom stereocenters. The van der Waals surface area contributed by atoms with Crippen molar-refractivity contribution in [3.05, 3.63) is 88.9 Å². The van der Waals surface area contributed by atoms with E-state index in [1.54, 1.807) is 62.6 Å². The van der Waals surface area contributed by atoms with Gasteiger partial charge < -0.3 is 15.0 Å². The molecule has 3 aromatic carbocycles. The fraction of sp³-hybridized carbons (Fsp3) is 0.355. The van der Waals surface area contributed by atoms with E-state index in [4.69, 9.17) is 16.3 Å². The van der Waals surface area contributed by atoms with E-state index >= 15 is 0 Å². The summed E-state index contributed by atoms with van der Waals surface area (Å²) in [5.41, 5.74) is 1.94. The normalized spacial score (nSPS) is 14.3. The van der Waals surface area contributed by atoms with Crippen LogP contribution in [-0.2, 0) is 26.2 Å². The van der Waals surface area contributed by atoms with Crippen molar-refractivity contribution in [2.24, 2.45) is 0 Å². The molecule has 3 aromatic rings. The van der Waals surface area contributed by atoms with Gasteiger partial charge in [0.1, 0.15) is 18.3 Å². The molecular weight excluding hydrogens is 562 g/mol. The van der Waals surface area contributed by atoms with E-state index in [9.17, 15) is 18.0 Å². The van der Waals surface area contributed by atoms with Gasteiger partial charge in [0.15, 0.2) is 0 Å². The van der Waals surface area contributed by atoms with Crippen molar-refractivity contribution in [2.75, 3.05) is 18.0 Å². The van der Waals surface area contributed by atoms with Gasteiger partial charge in [-0.1, -0.05) is 54.3 Å². The van der Waals surface area contributed by atoms with Crippen LogP contribution in [0.2, 0.25) is 5.02 Å². The molecule has 4 rings (SSSR count). The highest BCUT2D eigenvalue weighted by molar-refractivity contribution is 7.92. The number of nitrogens with zero attached hydrogens (tertiary/aromatic N) is 2. The number of anilines is 1. The zero-order valence-corrected chi connectivity index (χ0v) is 25.1. The van der Waals surface area contributed by atoms with Crippen LogP contribution in [0.25, 0.3) is 0 Å². The standard InChI is InChI=1S/C31H36ClN3O5S/c1-22-11-17-29(18-12-22)41(38,39)35(27-15-13-25(32)14-16-27)21-30(36)34(20-24-7-6-10-28(19-24)40-3)23(2)31(37)33-26-8-4-5-9-26/h6-7,10-19,23,26H,4-5,8-9,20-21H2,1-3H3,(H,33,37)/t23-/m0/s1. The van der Waals surface area contributed by atoms with E-state index in [-0.39, 0.29) is 29.1 Å². The van der Waals surface area contributed by atoms with Crippen molar-refractivity contribution < 1.29 is 22.7 Å². The first-order valence-corrected chi connectivity index (χ1v) is 15.5. The molecule has 0 bridgehead atoms. The number of carbonyl (C=O) groups is 2. The van der Waals surface area contributed by atoms with Gasteiger partial charge in [0.25, 0.3) is 10.0 Å².